The molecule has 1 atom stereocenters. The van der Waals surface area contributed by atoms with Crippen LogP contribution in [0.4, 0.5) is 13.2 Å². The summed E-state index contributed by atoms with van der Waals surface area (Å²) in [6.45, 7) is 15.8. The van der Waals surface area contributed by atoms with Crippen LogP contribution in [0.3, 0.4) is 0 Å². The van der Waals surface area contributed by atoms with E-state index in [2.05, 4.69) is 25.8 Å². The zero-order chi connectivity index (χ0) is 32.9. The molecule has 0 aromatic carbocycles. The van der Waals surface area contributed by atoms with Crippen LogP contribution in [0.5, 0.6) is 0 Å². The number of halogens is 3. The normalized spacial score (nSPS) is 17.8. The predicted octanol–water partition coefficient (Wildman–Crippen LogP) is 9.06. The minimum atomic E-state index is -4.98. The summed E-state index contributed by atoms with van der Waals surface area (Å²) in [5.74, 6) is 0. The Balaban J connectivity index is 0.00000480. The Morgan fingerprint density at radius 3 is 1.28 bits per heavy atom. The fourth-order valence-electron chi connectivity index (χ4n) is 7.92. The molecule has 2 aliphatic rings. The van der Waals surface area contributed by atoms with Gasteiger partial charge in [0, 0.05) is 5.69 Å². The third-order valence-corrected chi connectivity index (χ3v) is 10.3. The van der Waals surface area contributed by atoms with Crippen LogP contribution in [-0.4, -0.2) is 21.3 Å². The minimum Gasteiger partial charge on any atom is -0.657 e. The monoisotopic (exact) mass is 676 g/mol. The Kier molecular flexibility index (Phi) is 10.4. The van der Waals surface area contributed by atoms with Gasteiger partial charge in [-0.1, -0.05) is 102 Å². The number of nitrogens with zero attached hydrogens (tertiary/aromatic N) is 4. The van der Waals surface area contributed by atoms with E-state index in [4.69, 9.17) is 15.0 Å². The number of aromatic nitrogens is 4. The summed E-state index contributed by atoms with van der Waals surface area (Å²) in [7, 11) is 0. The minimum absolute atomic E-state index is 0. The van der Waals surface area contributed by atoms with E-state index in [1.54, 1.807) is 19.9 Å². The zero-order valence-electron chi connectivity index (χ0n) is 28.2. The van der Waals surface area contributed by atoms with Gasteiger partial charge in [0.15, 0.2) is 0 Å². The number of allylic oxidation sites excluding steroid dienone is 2. The summed E-state index contributed by atoms with van der Waals surface area (Å²) in [6, 6.07) is 7.11. The second kappa shape index (κ2) is 13.3. The standard InChI is InChI=1S/C37H45F3N4O.Ni/c1-9-21-22(10-2)28-18-30-24(12-4)26(14-6)32(43-30)20-34-36(45,37(38,39)40)35(15-7,16-8)33(44-34)19-31-25(13-5)23(11-3)29(42-31)17-27(21)41-28;/h17-20,45H,9-16H2,1-8H3;/q-2;+2. The Morgan fingerprint density at radius 2 is 0.957 bits per heavy atom. The Hall–Kier alpha value is -2.90. The van der Waals surface area contributed by atoms with Crippen LogP contribution in [0.25, 0.3) is 33.2 Å². The molecule has 2 aliphatic heterocycles. The van der Waals surface area contributed by atoms with Crippen molar-refractivity contribution in [1.82, 2.24) is 19.9 Å². The average molecular weight is 677 g/mol. The first kappa shape index (κ1) is 35.9. The largest absolute Gasteiger partial charge is 2.00 e. The summed E-state index contributed by atoms with van der Waals surface area (Å²) in [6.07, 6.45) is -0.672. The summed E-state index contributed by atoms with van der Waals surface area (Å²) < 4.78 is 45.8. The molecule has 46 heavy (non-hydrogen) atoms. The molecule has 0 aliphatic carbocycles. The molecule has 250 valence electrons. The second-order valence-corrected chi connectivity index (χ2v) is 12.1. The SMILES string of the molecule is CCC1=C(CC)c2cc3[n-]c(cc4nc(cc5[n-]c(cc1n2)c(CC)c5CC)C(CC)(CC)C4(O)C(F)(F)F)c(CC)c3CC.[Ni+2]. The predicted molar refractivity (Wildman–Crippen MR) is 176 cm³/mol. The Labute approximate surface area is 280 Å². The summed E-state index contributed by atoms with van der Waals surface area (Å²) in [5.41, 5.74) is 5.32. The van der Waals surface area contributed by atoms with Crippen LogP contribution < -0.4 is 9.97 Å². The molecule has 5 heterocycles. The van der Waals surface area contributed by atoms with E-state index in [0.717, 1.165) is 57.6 Å². The summed E-state index contributed by atoms with van der Waals surface area (Å²) >= 11 is 0. The first-order valence-electron chi connectivity index (χ1n) is 16.6. The molecule has 5 rings (SSSR count). The Morgan fingerprint density at radius 1 is 0.587 bits per heavy atom. The van der Waals surface area contributed by atoms with Gasteiger partial charge in [0.05, 0.1) is 22.5 Å². The van der Waals surface area contributed by atoms with Crippen LogP contribution >= 0.6 is 0 Å². The molecule has 8 bridgehead atoms. The molecule has 1 N–H and O–H groups in total. The van der Waals surface area contributed by atoms with E-state index < -0.39 is 22.9 Å². The van der Waals surface area contributed by atoms with E-state index in [1.807, 2.05) is 32.9 Å². The van der Waals surface area contributed by atoms with Gasteiger partial charge < -0.3 is 15.1 Å². The first-order valence-corrected chi connectivity index (χ1v) is 16.6. The number of alkyl halides is 3. The van der Waals surface area contributed by atoms with Crippen molar-refractivity contribution in [1.29, 1.82) is 0 Å². The first-order chi connectivity index (χ1) is 21.4. The number of fused-ring (bicyclic) bond motifs is 8. The van der Waals surface area contributed by atoms with Crippen LogP contribution in [0.1, 0.15) is 126 Å². The molecule has 0 radical (unpaired) electrons. The van der Waals surface area contributed by atoms with E-state index >= 15 is 13.2 Å². The van der Waals surface area contributed by atoms with Crippen LogP contribution in [-0.2, 0) is 53.2 Å². The number of hydrogen-bond donors (Lipinski definition) is 1. The van der Waals surface area contributed by atoms with Crippen molar-refractivity contribution in [3.05, 3.63) is 69.3 Å². The Bertz CT molecular complexity index is 1810. The van der Waals surface area contributed by atoms with Crippen molar-refractivity contribution in [2.75, 3.05) is 0 Å². The third-order valence-electron chi connectivity index (χ3n) is 10.3. The number of rotatable bonds is 8. The molecule has 0 saturated heterocycles. The number of hydrogen-bond acceptors (Lipinski definition) is 3. The van der Waals surface area contributed by atoms with Gasteiger partial charge in [-0.2, -0.15) is 13.2 Å². The van der Waals surface area contributed by atoms with Crippen LogP contribution in [0.2, 0.25) is 0 Å². The quantitative estimate of drug-likeness (QED) is 0.241. The number of aliphatic hydroxyl groups is 1. The van der Waals surface area contributed by atoms with Gasteiger partial charge >= 0.3 is 22.7 Å². The second-order valence-electron chi connectivity index (χ2n) is 12.1. The van der Waals surface area contributed by atoms with Crippen molar-refractivity contribution >= 4 is 33.2 Å². The van der Waals surface area contributed by atoms with Crippen LogP contribution in [0, 0.1) is 0 Å². The molecule has 0 spiro atoms. The molecule has 9 heteroatoms. The maximum atomic E-state index is 15.3. The average Bonchev–Trinajstić information content (AvgIpc) is 3.70. The van der Waals surface area contributed by atoms with E-state index in [0.29, 0.717) is 42.2 Å². The van der Waals surface area contributed by atoms with Crippen molar-refractivity contribution < 1.29 is 34.8 Å². The molecular formula is C37H45F3N4NiO. The van der Waals surface area contributed by atoms with Gasteiger partial charge in [-0.3, -0.25) is 4.98 Å². The smallest absolute Gasteiger partial charge is 0.657 e. The number of aryl methyl sites for hydroxylation is 4. The molecule has 3 aromatic rings. The molecule has 0 fully saturated rings. The third kappa shape index (κ3) is 5.17. The van der Waals surface area contributed by atoms with E-state index in [1.165, 1.54) is 11.6 Å². The van der Waals surface area contributed by atoms with Crippen molar-refractivity contribution in [2.45, 2.75) is 124 Å². The molecule has 3 aromatic heterocycles. The van der Waals surface area contributed by atoms with Gasteiger partial charge in [0.25, 0.3) is 0 Å². The van der Waals surface area contributed by atoms with Crippen molar-refractivity contribution in [3.8, 4) is 0 Å². The maximum absolute atomic E-state index is 15.3. The molecule has 5 nitrogen and oxygen atoms in total. The van der Waals surface area contributed by atoms with Crippen molar-refractivity contribution in [2.24, 2.45) is 0 Å². The zero-order valence-corrected chi connectivity index (χ0v) is 29.1. The maximum Gasteiger partial charge on any atom is 2.00 e. The fourth-order valence-corrected chi connectivity index (χ4v) is 7.92. The van der Waals surface area contributed by atoms with Gasteiger partial charge in [-0.05, 0) is 62.5 Å². The van der Waals surface area contributed by atoms with Gasteiger partial charge in [0.2, 0.25) is 5.60 Å². The molecular weight excluding hydrogens is 632 g/mol. The molecule has 1 unspecified atom stereocenters. The van der Waals surface area contributed by atoms with Crippen molar-refractivity contribution in [3.63, 3.8) is 0 Å². The summed E-state index contributed by atoms with van der Waals surface area (Å²) in [5, 5.41) is 12.0. The van der Waals surface area contributed by atoms with E-state index in [-0.39, 0.29) is 35.0 Å². The summed E-state index contributed by atoms with van der Waals surface area (Å²) in [4.78, 5) is 19.8. The molecule has 0 amide bonds. The van der Waals surface area contributed by atoms with E-state index in [9.17, 15) is 5.11 Å². The van der Waals surface area contributed by atoms with Gasteiger partial charge in [-0.25, -0.2) is 4.98 Å². The van der Waals surface area contributed by atoms with Crippen LogP contribution in [0.15, 0.2) is 24.3 Å². The molecule has 0 saturated carbocycles. The topological polar surface area (TPSA) is 74.2 Å². The van der Waals surface area contributed by atoms with Gasteiger partial charge in [0.1, 0.15) is 0 Å². The fraction of sp³-hybridized carbons (Fsp3) is 0.514. The van der Waals surface area contributed by atoms with Gasteiger partial charge in [-0.15, -0.1) is 22.1 Å².